The highest BCUT2D eigenvalue weighted by Crippen LogP contribution is 2.25. The molecule has 1 aliphatic heterocycles. The number of carbonyl (C=O) groups excluding carboxylic acids is 4. The second kappa shape index (κ2) is 8.92. The first-order valence-electron chi connectivity index (χ1n) is 9.01. The normalized spacial score (nSPS) is 16.0. The molecule has 1 fully saturated rings. The Balaban J connectivity index is 1.96. The summed E-state index contributed by atoms with van der Waals surface area (Å²) in [6, 6.07) is 5.56. The molecule has 1 saturated heterocycles. The summed E-state index contributed by atoms with van der Waals surface area (Å²) in [6.45, 7) is 4.30. The molecule has 0 aliphatic carbocycles. The number of imide groups is 1. The predicted molar refractivity (Wildman–Crippen MR) is 104 cm³/mol. The molecule has 0 aromatic heterocycles. The number of benzene rings is 1. The van der Waals surface area contributed by atoms with Gasteiger partial charge in [-0.15, -0.1) is 0 Å². The van der Waals surface area contributed by atoms with Gasteiger partial charge in [-0.3, -0.25) is 19.3 Å². The topological polar surface area (TPSA) is 129 Å². The monoisotopic (exact) mass is 420 g/mol. The molecule has 9 nitrogen and oxygen atoms in total. The minimum Gasteiger partial charge on any atom is -0.451 e. The highest BCUT2D eigenvalue weighted by Gasteiger charge is 2.49. The fraction of sp³-hybridized carbons (Fsp3) is 0.421. The zero-order valence-electron chi connectivity index (χ0n) is 16.2. The van der Waals surface area contributed by atoms with Crippen LogP contribution in [-0.4, -0.2) is 46.9 Å². The number of carbonyl (C=O) groups is 4. The molecule has 1 heterocycles. The first kappa shape index (κ1) is 22.2. The quantitative estimate of drug-likeness (QED) is 0.514. The first-order chi connectivity index (χ1) is 13.7. The van der Waals surface area contributed by atoms with Gasteiger partial charge >= 0.3 is 12.0 Å². The third-order valence-electron chi connectivity index (χ3n) is 4.77. The molecular weight excluding hydrogens is 400 g/mol. The summed E-state index contributed by atoms with van der Waals surface area (Å²) in [5.41, 5.74) is -0.436. The molecule has 4 amide bonds. The lowest BCUT2D eigenvalue weighted by molar-refractivity contribution is -0.155. The Morgan fingerprint density at radius 3 is 2.52 bits per heavy atom. The average Bonchev–Trinajstić information content (AvgIpc) is 2.92. The molecule has 1 aromatic carbocycles. The Hall–Kier alpha value is -3.12. The van der Waals surface area contributed by atoms with Crippen molar-refractivity contribution in [2.75, 3.05) is 11.9 Å². The summed E-state index contributed by atoms with van der Waals surface area (Å²) in [7, 11) is 0. The van der Waals surface area contributed by atoms with Crippen LogP contribution in [0.15, 0.2) is 18.2 Å². The van der Waals surface area contributed by atoms with E-state index < -0.39 is 42.0 Å². The molecule has 1 aromatic rings. The van der Waals surface area contributed by atoms with Crippen molar-refractivity contribution in [3.05, 3.63) is 28.8 Å². The Morgan fingerprint density at radius 2 is 2.00 bits per heavy atom. The van der Waals surface area contributed by atoms with Gasteiger partial charge in [0.1, 0.15) is 18.2 Å². The van der Waals surface area contributed by atoms with Crippen LogP contribution >= 0.6 is 11.6 Å². The number of esters is 1. The molecule has 1 aliphatic rings. The zero-order chi connectivity index (χ0) is 21.8. The van der Waals surface area contributed by atoms with Crippen LogP contribution < -0.4 is 10.6 Å². The molecule has 0 spiro atoms. The van der Waals surface area contributed by atoms with E-state index in [1.807, 2.05) is 6.07 Å². The van der Waals surface area contributed by atoms with Gasteiger partial charge in [-0.1, -0.05) is 25.4 Å². The van der Waals surface area contributed by atoms with E-state index in [-0.39, 0.29) is 10.6 Å². The van der Waals surface area contributed by atoms with Gasteiger partial charge in [0.2, 0.25) is 0 Å². The summed E-state index contributed by atoms with van der Waals surface area (Å²) < 4.78 is 5.04. The van der Waals surface area contributed by atoms with E-state index in [0.717, 1.165) is 4.90 Å². The molecule has 0 unspecified atom stereocenters. The van der Waals surface area contributed by atoms with Crippen molar-refractivity contribution >= 4 is 41.1 Å². The first-order valence-corrected chi connectivity index (χ1v) is 9.39. The average molecular weight is 421 g/mol. The van der Waals surface area contributed by atoms with E-state index in [2.05, 4.69) is 10.6 Å². The molecule has 0 bridgehead atoms. The third-order valence-corrected chi connectivity index (χ3v) is 5.09. The number of nitrogens with zero attached hydrogens (tertiary/aromatic N) is 2. The van der Waals surface area contributed by atoms with Gasteiger partial charge in [-0.05, 0) is 38.0 Å². The summed E-state index contributed by atoms with van der Waals surface area (Å²) in [4.78, 5) is 49.7. The van der Waals surface area contributed by atoms with Crippen molar-refractivity contribution in [3.8, 4) is 6.07 Å². The van der Waals surface area contributed by atoms with Crippen LogP contribution in [0.4, 0.5) is 10.5 Å². The number of rotatable bonds is 7. The highest BCUT2D eigenvalue weighted by molar-refractivity contribution is 6.32. The maximum atomic E-state index is 12.5. The lowest BCUT2D eigenvalue weighted by Gasteiger charge is -2.23. The van der Waals surface area contributed by atoms with Gasteiger partial charge in [0.25, 0.3) is 11.8 Å². The fourth-order valence-corrected chi connectivity index (χ4v) is 3.12. The summed E-state index contributed by atoms with van der Waals surface area (Å²) in [6.07, 6.45) is -0.392. The molecule has 2 rings (SSSR count). The minimum absolute atomic E-state index is 0.170. The number of hydrogen-bond acceptors (Lipinski definition) is 6. The van der Waals surface area contributed by atoms with E-state index in [4.69, 9.17) is 21.6 Å². The van der Waals surface area contributed by atoms with E-state index in [9.17, 15) is 19.2 Å². The number of halogens is 1. The largest absolute Gasteiger partial charge is 0.451 e. The highest BCUT2D eigenvalue weighted by atomic mass is 35.5. The second-order valence-corrected chi connectivity index (χ2v) is 6.95. The molecule has 29 heavy (non-hydrogen) atoms. The molecular formula is C19H21ClN4O5. The van der Waals surface area contributed by atoms with Gasteiger partial charge in [-0.25, -0.2) is 4.79 Å². The maximum Gasteiger partial charge on any atom is 0.327 e. The SMILES string of the molecule is CCC1(CC)NC(=O)N(CC(=O)O[C@@H](C)C(=O)Nc2ccc(C#N)c(Cl)c2)C1=O. The molecule has 0 radical (unpaired) electrons. The number of nitrogens with one attached hydrogen (secondary N) is 2. The minimum atomic E-state index is -1.18. The van der Waals surface area contributed by atoms with Crippen LogP contribution in [0, 0.1) is 11.3 Å². The molecule has 154 valence electrons. The number of amides is 4. The van der Waals surface area contributed by atoms with Crippen molar-refractivity contribution in [3.63, 3.8) is 0 Å². The van der Waals surface area contributed by atoms with Gasteiger partial charge in [0.05, 0.1) is 10.6 Å². The summed E-state index contributed by atoms with van der Waals surface area (Å²) in [5, 5.41) is 14.2. The number of urea groups is 1. The van der Waals surface area contributed by atoms with Crippen LogP contribution in [-0.2, 0) is 19.1 Å². The Kier molecular flexibility index (Phi) is 6.82. The summed E-state index contributed by atoms with van der Waals surface area (Å²) in [5.74, 6) is -2.02. The zero-order valence-corrected chi connectivity index (χ0v) is 17.0. The lowest BCUT2D eigenvalue weighted by atomic mass is 9.93. The standard InChI is InChI=1S/C19H21ClN4O5/c1-4-19(5-2)17(27)24(18(28)23-19)10-15(25)29-11(3)16(26)22-13-7-6-12(9-21)14(20)8-13/h6-8,11H,4-5,10H2,1-3H3,(H,22,26)(H,23,28)/t11-/m0/s1. The van der Waals surface area contributed by atoms with Crippen LogP contribution in [0.1, 0.15) is 39.2 Å². The predicted octanol–water partition coefficient (Wildman–Crippen LogP) is 2.19. The van der Waals surface area contributed by atoms with Crippen molar-refractivity contribution < 1.29 is 23.9 Å². The Bertz CT molecular complexity index is 891. The van der Waals surface area contributed by atoms with Crippen LogP contribution in [0.3, 0.4) is 0 Å². The van der Waals surface area contributed by atoms with E-state index in [1.165, 1.54) is 25.1 Å². The van der Waals surface area contributed by atoms with E-state index in [0.29, 0.717) is 18.5 Å². The molecule has 10 heteroatoms. The summed E-state index contributed by atoms with van der Waals surface area (Å²) >= 11 is 5.91. The number of anilines is 1. The van der Waals surface area contributed by atoms with Crippen molar-refractivity contribution in [2.24, 2.45) is 0 Å². The Labute approximate surface area is 172 Å². The van der Waals surface area contributed by atoms with Crippen LogP contribution in [0.2, 0.25) is 5.02 Å². The molecule has 1 atom stereocenters. The van der Waals surface area contributed by atoms with Gasteiger partial charge in [0.15, 0.2) is 6.10 Å². The van der Waals surface area contributed by atoms with Gasteiger partial charge < -0.3 is 15.4 Å². The molecule has 2 N–H and O–H groups in total. The second-order valence-electron chi connectivity index (χ2n) is 6.54. The van der Waals surface area contributed by atoms with Crippen LogP contribution in [0.5, 0.6) is 0 Å². The number of hydrogen-bond donors (Lipinski definition) is 2. The Morgan fingerprint density at radius 1 is 1.34 bits per heavy atom. The van der Waals surface area contributed by atoms with Gasteiger partial charge in [0, 0.05) is 5.69 Å². The number of nitriles is 1. The lowest BCUT2D eigenvalue weighted by Crippen LogP contribution is -2.46. The van der Waals surface area contributed by atoms with Crippen molar-refractivity contribution in [1.82, 2.24) is 10.2 Å². The third kappa shape index (κ3) is 4.66. The fourth-order valence-electron chi connectivity index (χ4n) is 2.89. The van der Waals surface area contributed by atoms with Crippen LogP contribution in [0.25, 0.3) is 0 Å². The number of ether oxygens (including phenoxy) is 1. The molecule has 0 saturated carbocycles. The smallest absolute Gasteiger partial charge is 0.327 e. The van der Waals surface area contributed by atoms with E-state index >= 15 is 0 Å². The van der Waals surface area contributed by atoms with E-state index in [1.54, 1.807) is 13.8 Å². The van der Waals surface area contributed by atoms with Crippen molar-refractivity contribution in [1.29, 1.82) is 5.26 Å². The van der Waals surface area contributed by atoms with Crippen molar-refractivity contribution in [2.45, 2.75) is 45.3 Å². The van der Waals surface area contributed by atoms with Gasteiger partial charge in [-0.2, -0.15) is 5.26 Å². The maximum absolute atomic E-state index is 12.5.